The van der Waals surface area contributed by atoms with Crippen LogP contribution in [-0.2, 0) is 10.9 Å². The van der Waals surface area contributed by atoms with E-state index in [9.17, 15) is 22.8 Å². The van der Waals surface area contributed by atoms with Gasteiger partial charge in [0, 0.05) is 29.5 Å². The summed E-state index contributed by atoms with van der Waals surface area (Å²) in [6.45, 7) is 2.28. The SMILES string of the molecule is Cc1c(C(F)(F)F)nc2c(-c3ccc(C(=O)N[C@@H]4CCCOC4)cc3)cccn2c1=O. The number of halogens is 3. The lowest BCUT2D eigenvalue weighted by atomic mass is 10.0. The van der Waals surface area contributed by atoms with Crippen LogP contribution in [0.15, 0.2) is 47.4 Å². The van der Waals surface area contributed by atoms with Crippen molar-refractivity contribution in [2.45, 2.75) is 32.0 Å². The van der Waals surface area contributed by atoms with Crippen LogP contribution in [0.4, 0.5) is 13.2 Å². The fourth-order valence-electron chi connectivity index (χ4n) is 3.68. The Labute approximate surface area is 175 Å². The molecule has 1 aliphatic rings. The number of pyridine rings is 1. The Hall–Kier alpha value is -3.20. The Morgan fingerprint density at radius 1 is 1.23 bits per heavy atom. The molecule has 6 nitrogen and oxygen atoms in total. The molecule has 0 radical (unpaired) electrons. The van der Waals surface area contributed by atoms with Crippen LogP contribution in [0.2, 0.25) is 0 Å². The van der Waals surface area contributed by atoms with Crippen LogP contribution >= 0.6 is 0 Å². The summed E-state index contributed by atoms with van der Waals surface area (Å²) in [5, 5.41) is 2.92. The Morgan fingerprint density at radius 3 is 2.61 bits per heavy atom. The van der Waals surface area contributed by atoms with Gasteiger partial charge in [-0.25, -0.2) is 4.98 Å². The van der Waals surface area contributed by atoms with Gasteiger partial charge in [0.2, 0.25) is 0 Å². The highest BCUT2D eigenvalue weighted by Crippen LogP contribution is 2.31. The highest BCUT2D eigenvalue weighted by atomic mass is 19.4. The molecule has 0 aliphatic carbocycles. The second kappa shape index (κ2) is 8.14. The number of benzene rings is 1. The van der Waals surface area contributed by atoms with Crippen LogP contribution in [-0.4, -0.2) is 34.5 Å². The summed E-state index contributed by atoms with van der Waals surface area (Å²) in [6, 6.07) is 9.55. The third-order valence-corrected chi connectivity index (χ3v) is 5.30. The second-order valence-corrected chi connectivity index (χ2v) is 7.47. The first kappa shape index (κ1) is 21.0. The maximum absolute atomic E-state index is 13.4. The monoisotopic (exact) mass is 431 g/mol. The van der Waals surface area contributed by atoms with Gasteiger partial charge in [-0.3, -0.25) is 14.0 Å². The molecule has 2 aromatic heterocycles. The Kier molecular flexibility index (Phi) is 5.53. The fraction of sp³-hybridized carbons (Fsp3) is 0.318. The van der Waals surface area contributed by atoms with Crippen molar-refractivity contribution in [3.8, 4) is 11.1 Å². The number of hydrogen-bond acceptors (Lipinski definition) is 4. The van der Waals surface area contributed by atoms with E-state index in [0.717, 1.165) is 24.2 Å². The summed E-state index contributed by atoms with van der Waals surface area (Å²) in [6.07, 6.45) is -1.62. The summed E-state index contributed by atoms with van der Waals surface area (Å²) in [5.41, 5.74) is -1.20. The molecule has 3 heterocycles. The summed E-state index contributed by atoms with van der Waals surface area (Å²) in [5.74, 6) is -0.246. The molecule has 1 fully saturated rings. The molecular weight excluding hydrogens is 411 g/mol. The van der Waals surface area contributed by atoms with Crippen molar-refractivity contribution in [1.82, 2.24) is 14.7 Å². The molecule has 1 saturated heterocycles. The zero-order valence-corrected chi connectivity index (χ0v) is 16.7. The molecule has 162 valence electrons. The normalized spacial score (nSPS) is 17.0. The van der Waals surface area contributed by atoms with Crippen LogP contribution in [0.5, 0.6) is 0 Å². The van der Waals surface area contributed by atoms with Gasteiger partial charge in [-0.2, -0.15) is 13.2 Å². The van der Waals surface area contributed by atoms with Gasteiger partial charge in [-0.05, 0) is 49.6 Å². The lowest BCUT2D eigenvalue weighted by Gasteiger charge is -2.23. The van der Waals surface area contributed by atoms with Crippen LogP contribution in [0, 0.1) is 6.92 Å². The smallest absolute Gasteiger partial charge is 0.379 e. The highest BCUT2D eigenvalue weighted by Gasteiger charge is 2.36. The van der Waals surface area contributed by atoms with Crippen molar-refractivity contribution in [2.75, 3.05) is 13.2 Å². The van der Waals surface area contributed by atoms with Crippen molar-refractivity contribution in [3.63, 3.8) is 0 Å². The molecule has 1 aliphatic heterocycles. The maximum Gasteiger partial charge on any atom is 0.433 e. The van der Waals surface area contributed by atoms with Gasteiger partial charge in [0.05, 0.1) is 12.6 Å². The van der Waals surface area contributed by atoms with E-state index in [1.54, 1.807) is 36.4 Å². The number of rotatable bonds is 3. The lowest BCUT2D eigenvalue weighted by molar-refractivity contribution is -0.141. The van der Waals surface area contributed by atoms with Gasteiger partial charge >= 0.3 is 6.18 Å². The van der Waals surface area contributed by atoms with Gasteiger partial charge in [-0.15, -0.1) is 0 Å². The zero-order chi connectivity index (χ0) is 22.2. The minimum absolute atomic E-state index is 0.0425. The number of alkyl halides is 3. The minimum Gasteiger partial charge on any atom is -0.379 e. The quantitative estimate of drug-likeness (QED) is 0.688. The molecule has 0 saturated carbocycles. The first-order valence-electron chi connectivity index (χ1n) is 9.84. The Morgan fingerprint density at radius 2 is 1.97 bits per heavy atom. The van der Waals surface area contributed by atoms with Crippen LogP contribution < -0.4 is 10.9 Å². The van der Waals surface area contributed by atoms with Gasteiger partial charge in [0.15, 0.2) is 5.69 Å². The minimum atomic E-state index is -4.74. The predicted molar refractivity (Wildman–Crippen MR) is 108 cm³/mol. The van der Waals surface area contributed by atoms with E-state index in [2.05, 4.69) is 10.3 Å². The largest absolute Gasteiger partial charge is 0.433 e. The van der Waals surface area contributed by atoms with E-state index in [0.29, 0.717) is 29.9 Å². The number of carbonyl (C=O) groups is 1. The predicted octanol–water partition coefficient (Wildman–Crippen LogP) is 3.60. The third kappa shape index (κ3) is 4.18. The number of fused-ring (bicyclic) bond motifs is 1. The number of nitrogens with zero attached hydrogens (tertiary/aromatic N) is 2. The van der Waals surface area contributed by atoms with E-state index in [1.165, 1.54) is 6.20 Å². The van der Waals surface area contributed by atoms with Crippen LogP contribution in [0.3, 0.4) is 0 Å². The maximum atomic E-state index is 13.4. The number of nitrogens with one attached hydrogen (secondary N) is 1. The van der Waals surface area contributed by atoms with Crippen molar-refractivity contribution < 1.29 is 22.7 Å². The fourth-order valence-corrected chi connectivity index (χ4v) is 3.68. The molecule has 1 aromatic carbocycles. The number of ether oxygens (including phenoxy) is 1. The highest BCUT2D eigenvalue weighted by molar-refractivity contribution is 5.95. The van der Waals surface area contributed by atoms with E-state index >= 15 is 0 Å². The van der Waals surface area contributed by atoms with Gasteiger partial charge in [-0.1, -0.05) is 12.1 Å². The van der Waals surface area contributed by atoms with Crippen molar-refractivity contribution >= 4 is 11.6 Å². The number of carbonyl (C=O) groups excluding carboxylic acids is 1. The number of amides is 1. The van der Waals surface area contributed by atoms with E-state index in [-0.39, 0.29) is 17.6 Å². The molecule has 3 aromatic rings. The first-order chi connectivity index (χ1) is 14.8. The molecular formula is C22H20F3N3O3. The molecule has 0 bridgehead atoms. The topological polar surface area (TPSA) is 72.7 Å². The molecule has 1 N–H and O–H groups in total. The number of hydrogen-bond donors (Lipinski definition) is 1. The van der Waals surface area contributed by atoms with Crippen molar-refractivity contribution in [1.29, 1.82) is 0 Å². The molecule has 1 atom stereocenters. The van der Waals surface area contributed by atoms with E-state index < -0.39 is 23.0 Å². The molecule has 0 unspecified atom stereocenters. The summed E-state index contributed by atoms with van der Waals surface area (Å²) >= 11 is 0. The summed E-state index contributed by atoms with van der Waals surface area (Å²) < 4.78 is 46.5. The Balaban J connectivity index is 1.69. The van der Waals surface area contributed by atoms with E-state index in [4.69, 9.17) is 4.74 Å². The number of aromatic nitrogens is 2. The molecule has 4 rings (SSSR count). The average molecular weight is 431 g/mol. The first-order valence-corrected chi connectivity index (χ1v) is 9.84. The second-order valence-electron chi connectivity index (χ2n) is 7.47. The Bertz CT molecular complexity index is 1180. The lowest BCUT2D eigenvalue weighted by Crippen LogP contribution is -2.40. The van der Waals surface area contributed by atoms with Gasteiger partial charge in [0.1, 0.15) is 5.65 Å². The van der Waals surface area contributed by atoms with Crippen LogP contribution in [0.1, 0.15) is 34.5 Å². The molecule has 31 heavy (non-hydrogen) atoms. The summed E-state index contributed by atoms with van der Waals surface area (Å²) in [4.78, 5) is 28.7. The van der Waals surface area contributed by atoms with E-state index in [1.807, 2.05) is 0 Å². The van der Waals surface area contributed by atoms with Crippen molar-refractivity contribution in [2.24, 2.45) is 0 Å². The summed E-state index contributed by atoms with van der Waals surface area (Å²) in [7, 11) is 0. The standard InChI is InChI=1S/C22H20F3N3O3/c1-13-18(22(23,24)25)27-19-17(5-2-10-28(19)21(13)30)14-6-8-15(9-7-14)20(29)26-16-4-3-11-31-12-16/h2,5-10,16H,3-4,11-12H2,1H3,(H,26,29)/t16-/m1/s1. The third-order valence-electron chi connectivity index (χ3n) is 5.30. The van der Waals surface area contributed by atoms with Gasteiger partial charge < -0.3 is 10.1 Å². The zero-order valence-electron chi connectivity index (χ0n) is 16.7. The molecule has 0 spiro atoms. The van der Waals surface area contributed by atoms with Crippen LogP contribution in [0.25, 0.3) is 16.8 Å². The molecule has 1 amide bonds. The molecule has 9 heteroatoms. The average Bonchev–Trinajstić information content (AvgIpc) is 2.76. The van der Waals surface area contributed by atoms with Crippen molar-refractivity contribution in [3.05, 3.63) is 69.8 Å². The van der Waals surface area contributed by atoms with Gasteiger partial charge in [0.25, 0.3) is 11.5 Å².